The summed E-state index contributed by atoms with van der Waals surface area (Å²) < 4.78 is 1.71. The predicted octanol–water partition coefficient (Wildman–Crippen LogP) is 2.08. The Balaban J connectivity index is 2.22. The van der Waals surface area contributed by atoms with E-state index in [1.807, 2.05) is 13.2 Å². The van der Waals surface area contributed by atoms with Crippen molar-refractivity contribution in [1.29, 1.82) is 0 Å². The van der Waals surface area contributed by atoms with Gasteiger partial charge in [-0.2, -0.15) is 5.10 Å². The molecule has 0 unspecified atom stereocenters. The fourth-order valence-electron chi connectivity index (χ4n) is 1.60. The molecule has 3 aromatic heterocycles. The van der Waals surface area contributed by atoms with E-state index in [2.05, 4.69) is 20.1 Å². The fraction of sp³-hybridized carbons (Fsp3) is 0.0909. The number of hydrogen-bond acceptors (Lipinski definition) is 4. The second-order valence-corrected chi connectivity index (χ2v) is 3.99. The summed E-state index contributed by atoms with van der Waals surface area (Å²) in [6.45, 7) is 0. The van der Waals surface area contributed by atoms with E-state index in [1.54, 1.807) is 29.3 Å². The number of aryl methyl sites for hydroxylation is 1. The van der Waals surface area contributed by atoms with Gasteiger partial charge in [0.15, 0.2) is 5.15 Å². The second-order valence-electron chi connectivity index (χ2n) is 3.63. The Kier molecular flexibility index (Phi) is 2.26. The van der Waals surface area contributed by atoms with Crippen LogP contribution in [-0.2, 0) is 7.05 Å². The Morgan fingerprint density at radius 2 is 2.12 bits per heavy atom. The number of hydrogen-bond donors (Lipinski definition) is 0. The van der Waals surface area contributed by atoms with E-state index >= 15 is 0 Å². The second kappa shape index (κ2) is 3.78. The number of rotatable bonds is 1. The van der Waals surface area contributed by atoms with Gasteiger partial charge in [0, 0.05) is 25.0 Å². The Bertz CT molecular complexity index is 691. The van der Waals surface area contributed by atoms with Crippen LogP contribution in [0, 0.1) is 0 Å². The highest BCUT2D eigenvalue weighted by Gasteiger charge is 2.07. The fourth-order valence-corrected chi connectivity index (χ4v) is 1.79. The summed E-state index contributed by atoms with van der Waals surface area (Å²) in [6.07, 6.45) is 6.93. The van der Waals surface area contributed by atoms with Gasteiger partial charge in [0.05, 0.1) is 23.6 Å². The SMILES string of the molecule is Cn1cc(-c2cnc3ccnc(Cl)c3n2)cn1. The summed E-state index contributed by atoms with van der Waals surface area (Å²) >= 11 is 5.99. The van der Waals surface area contributed by atoms with Gasteiger partial charge in [0.25, 0.3) is 0 Å². The van der Waals surface area contributed by atoms with Crippen molar-refractivity contribution in [3.8, 4) is 11.3 Å². The van der Waals surface area contributed by atoms with Crippen molar-refractivity contribution in [2.75, 3.05) is 0 Å². The zero-order valence-electron chi connectivity index (χ0n) is 9.00. The molecular weight excluding hydrogens is 238 g/mol. The van der Waals surface area contributed by atoms with Crippen LogP contribution in [-0.4, -0.2) is 24.7 Å². The molecule has 0 N–H and O–H groups in total. The molecule has 0 spiro atoms. The molecule has 6 heteroatoms. The summed E-state index contributed by atoms with van der Waals surface area (Å²) in [7, 11) is 1.85. The van der Waals surface area contributed by atoms with Crippen molar-refractivity contribution < 1.29 is 0 Å². The lowest BCUT2D eigenvalue weighted by Gasteiger charge is -2.00. The van der Waals surface area contributed by atoms with Gasteiger partial charge in [-0.05, 0) is 6.07 Å². The van der Waals surface area contributed by atoms with Gasteiger partial charge in [-0.25, -0.2) is 9.97 Å². The average Bonchev–Trinajstić information content (AvgIpc) is 2.76. The van der Waals surface area contributed by atoms with Crippen molar-refractivity contribution in [2.24, 2.45) is 7.05 Å². The lowest BCUT2D eigenvalue weighted by Crippen LogP contribution is -1.90. The molecule has 0 bridgehead atoms. The zero-order valence-corrected chi connectivity index (χ0v) is 9.76. The van der Waals surface area contributed by atoms with Crippen molar-refractivity contribution in [1.82, 2.24) is 24.7 Å². The molecule has 0 aromatic carbocycles. The van der Waals surface area contributed by atoms with Gasteiger partial charge < -0.3 is 0 Å². The van der Waals surface area contributed by atoms with Crippen LogP contribution in [0.4, 0.5) is 0 Å². The molecule has 0 saturated heterocycles. The van der Waals surface area contributed by atoms with Crippen LogP contribution in [0.1, 0.15) is 0 Å². The third-order valence-corrected chi connectivity index (χ3v) is 2.69. The Hall–Kier alpha value is -2.01. The predicted molar refractivity (Wildman–Crippen MR) is 64.5 cm³/mol. The maximum Gasteiger partial charge on any atom is 0.156 e. The third kappa shape index (κ3) is 1.74. The number of aromatic nitrogens is 5. The molecule has 3 heterocycles. The van der Waals surface area contributed by atoms with Crippen LogP contribution < -0.4 is 0 Å². The first-order valence-electron chi connectivity index (χ1n) is 5.00. The smallest absolute Gasteiger partial charge is 0.156 e. The molecule has 84 valence electrons. The van der Waals surface area contributed by atoms with Crippen molar-refractivity contribution >= 4 is 22.6 Å². The Morgan fingerprint density at radius 1 is 1.24 bits per heavy atom. The van der Waals surface area contributed by atoms with Crippen molar-refractivity contribution in [2.45, 2.75) is 0 Å². The molecule has 0 aliphatic heterocycles. The van der Waals surface area contributed by atoms with Crippen LogP contribution in [0.25, 0.3) is 22.3 Å². The molecule has 0 fully saturated rings. The quantitative estimate of drug-likeness (QED) is 0.616. The Labute approximate surface area is 102 Å². The van der Waals surface area contributed by atoms with Gasteiger partial charge in [0.1, 0.15) is 5.52 Å². The first-order valence-corrected chi connectivity index (χ1v) is 5.38. The van der Waals surface area contributed by atoms with Gasteiger partial charge >= 0.3 is 0 Å². The van der Waals surface area contributed by atoms with Gasteiger partial charge in [-0.15, -0.1) is 0 Å². The third-order valence-electron chi connectivity index (χ3n) is 2.42. The molecule has 3 aromatic rings. The van der Waals surface area contributed by atoms with Crippen molar-refractivity contribution in [3.05, 3.63) is 36.0 Å². The van der Waals surface area contributed by atoms with E-state index < -0.39 is 0 Å². The van der Waals surface area contributed by atoms with E-state index in [0.717, 1.165) is 16.8 Å². The summed E-state index contributed by atoms with van der Waals surface area (Å²) in [5, 5.41) is 4.46. The minimum Gasteiger partial charge on any atom is -0.275 e. The molecule has 0 aliphatic rings. The number of fused-ring (bicyclic) bond motifs is 1. The van der Waals surface area contributed by atoms with Crippen LogP contribution >= 0.6 is 11.6 Å². The molecule has 3 rings (SSSR count). The lowest BCUT2D eigenvalue weighted by atomic mass is 10.2. The van der Waals surface area contributed by atoms with E-state index in [0.29, 0.717) is 10.7 Å². The molecule has 17 heavy (non-hydrogen) atoms. The summed E-state index contributed by atoms with van der Waals surface area (Å²) in [5.74, 6) is 0. The highest BCUT2D eigenvalue weighted by molar-refractivity contribution is 6.33. The van der Waals surface area contributed by atoms with Crippen LogP contribution in [0.2, 0.25) is 5.15 Å². The van der Waals surface area contributed by atoms with E-state index in [9.17, 15) is 0 Å². The maximum absolute atomic E-state index is 5.99. The van der Waals surface area contributed by atoms with E-state index in [1.165, 1.54) is 0 Å². The number of halogens is 1. The number of nitrogens with zero attached hydrogens (tertiary/aromatic N) is 5. The minimum atomic E-state index is 0.362. The van der Waals surface area contributed by atoms with Gasteiger partial charge in [-0.1, -0.05) is 11.6 Å². The maximum atomic E-state index is 5.99. The molecule has 0 atom stereocenters. The standard InChI is InChI=1S/C11H8ClN5/c1-17-6-7(4-15-17)9-5-14-8-2-3-13-11(12)10(8)16-9/h2-6H,1H3. The minimum absolute atomic E-state index is 0.362. The van der Waals surface area contributed by atoms with E-state index in [4.69, 9.17) is 11.6 Å². The van der Waals surface area contributed by atoms with Crippen molar-refractivity contribution in [3.63, 3.8) is 0 Å². The zero-order chi connectivity index (χ0) is 11.8. The first-order chi connectivity index (χ1) is 8.24. The molecule has 0 saturated carbocycles. The van der Waals surface area contributed by atoms with Gasteiger partial charge in [-0.3, -0.25) is 9.67 Å². The Morgan fingerprint density at radius 3 is 2.88 bits per heavy atom. The first kappa shape index (κ1) is 10.2. The lowest BCUT2D eigenvalue weighted by molar-refractivity contribution is 0.768. The summed E-state index contributed by atoms with van der Waals surface area (Å²) in [6, 6.07) is 1.78. The number of pyridine rings is 1. The topological polar surface area (TPSA) is 56.5 Å². The van der Waals surface area contributed by atoms with Crippen LogP contribution in [0.5, 0.6) is 0 Å². The molecule has 0 aliphatic carbocycles. The van der Waals surface area contributed by atoms with Crippen LogP contribution in [0.15, 0.2) is 30.9 Å². The molecule has 0 radical (unpaired) electrons. The largest absolute Gasteiger partial charge is 0.275 e. The molecule has 5 nitrogen and oxygen atoms in total. The van der Waals surface area contributed by atoms with E-state index in [-0.39, 0.29) is 0 Å². The van der Waals surface area contributed by atoms with Gasteiger partial charge in [0.2, 0.25) is 0 Å². The normalized spacial score (nSPS) is 10.9. The summed E-state index contributed by atoms with van der Waals surface area (Å²) in [4.78, 5) is 12.7. The highest BCUT2D eigenvalue weighted by Crippen LogP contribution is 2.21. The van der Waals surface area contributed by atoms with Crippen LogP contribution in [0.3, 0.4) is 0 Å². The molecular formula is C11H8ClN5. The highest BCUT2D eigenvalue weighted by atomic mass is 35.5. The molecule has 0 amide bonds. The average molecular weight is 246 g/mol. The monoisotopic (exact) mass is 245 g/mol. The summed E-state index contributed by atoms with van der Waals surface area (Å²) in [5.41, 5.74) is 2.98.